The van der Waals surface area contributed by atoms with Crippen LogP contribution in [-0.2, 0) is 15.8 Å². The first-order valence-corrected chi connectivity index (χ1v) is 9.28. The standard InChI is InChI=1S/C19H24F3N3O4/c1-13(26)23-7-2-3-8-24-9-10-25(18(24)29)16(12-17(27)28)14-5-4-6-15(11-14)19(20,21)22/h4-6,11,16H,2-3,7-10,12H2,1H3,(H,23,26)(H,27,28)/t16-/m0/s1. The van der Waals surface area contributed by atoms with E-state index in [1.54, 1.807) is 4.90 Å². The Morgan fingerprint density at radius 3 is 2.59 bits per heavy atom. The highest BCUT2D eigenvalue weighted by atomic mass is 19.4. The minimum atomic E-state index is -4.56. The molecule has 1 aliphatic heterocycles. The summed E-state index contributed by atoms with van der Waals surface area (Å²) in [6.07, 6.45) is -3.72. The molecular formula is C19H24F3N3O4. The van der Waals surface area contributed by atoms with E-state index in [0.29, 0.717) is 32.5 Å². The van der Waals surface area contributed by atoms with Crippen molar-refractivity contribution in [2.75, 3.05) is 26.2 Å². The van der Waals surface area contributed by atoms with Crippen LogP contribution in [0.3, 0.4) is 0 Å². The molecule has 7 nitrogen and oxygen atoms in total. The van der Waals surface area contributed by atoms with Crippen molar-refractivity contribution < 1.29 is 32.7 Å². The number of amides is 3. The predicted octanol–water partition coefficient (Wildman–Crippen LogP) is 2.88. The monoisotopic (exact) mass is 415 g/mol. The topological polar surface area (TPSA) is 90.0 Å². The maximum Gasteiger partial charge on any atom is 0.416 e. The molecule has 160 valence electrons. The number of carboxylic acids is 1. The Balaban J connectivity index is 2.08. The lowest BCUT2D eigenvalue weighted by molar-refractivity contribution is -0.138. The summed E-state index contributed by atoms with van der Waals surface area (Å²) in [4.78, 5) is 37.7. The van der Waals surface area contributed by atoms with Crippen molar-refractivity contribution in [3.8, 4) is 0 Å². The summed E-state index contributed by atoms with van der Waals surface area (Å²) in [7, 11) is 0. The quantitative estimate of drug-likeness (QED) is 0.607. The third-order valence-corrected chi connectivity index (χ3v) is 4.70. The van der Waals surface area contributed by atoms with E-state index in [4.69, 9.17) is 0 Å². The second kappa shape index (κ2) is 9.62. The molecule has 0 saturated carbocycles. The zero-order valence-corrected chi connectivity index (χ0v) is 16.0. The first-order chi connectivity index (χ1) is 13.6. The molecular weight excluding hydrogens is 391 g/mol. The normalized spacial score (nSPS) is 15.5. The highest BCUT2D eigenvalue weighted by Gasteiger charge is 2.37. The van der Waals surface area contributed by atoms with Gasteiger partial charge in [-0.05, 0) is 30.5 Å². The number of rotatable bonds is 9. The summed E-state index contributed by atoms with van der Waals surface area (Å²) < 4.78 is 39.1. The van der Waals surface area contributed by atoms with Gasteiger partial charge in [0.1, 0.15) is 0 Å². The number of benzene rings is 1. The molecule has 0 unspecified atom stereocenters. The van der Waals surface area contributed by atoms with E-state index in [-0.39, 0.29) is 18.0 Å². The number of aliphatic carboxylic acids is 1. The fourth-order valence-electron chi connectivity index (χ4n) is 3.29. The summed E-state index contributed by atoms with van der Waals surface area (Å²) in [6.45, 7) is 2.94. The van der Waals surface area contributed by atoms with Gasteiger partial charge in [-0.15, -0.1) is 0 Å². The van der Waals surface area contributed by atoms with Crippen LogP contribution in [0.2, 0.25) is 0 Å². The van der Waals surface area contributed by atoms with Gasteiger partial charge >= 0.3 is 18.2 Å². The second-order valence-electron chi connectivity index (χ2n) is 6.89. The highest BCUT2D eigenvalue weighted by molar-refractivity contribution is 5.78. The zero-order chi connectivity index (χ0) is 21.6. The molecule has 3 amide bonds. The van der Waals surface area contributed by atoms with Crippen LogP contribution >= 0.6 is 0 Å². The molecule has 29 heavy (non-hydrogen) atoms. The van der Waals surface area contributed by atoms with Crippen LogP contribution in [0.1, 0.15) is 43.4 Å². The third kappa shape index (κ3) is 6.37. The van der Waals surface area contributed by atoms with Gasteiger partial charge in [-0.3, -0.25) is 9.59 Å². The van der Waals surface area contributed by atoms with Gasteiger partial charge in [0.15, 0.2) is 0 Å². The molecule has 1 saturated heterocycles. The first-order valence-electron chi connectivity index (χ1n) is 9.28. The number of hydrogen-bond acceptors (Lipinski definition) is 3. The molecule has 0 aromatic heterocycles. The lowest BCUT2D eigenvalue weighted by atomic mass is 10.00. The number of nitrogens with zero attached hydrogens (tertiary/aromatic N) is 2. The third-order valence-electron chi connectivity index (χ3n) is 4.70. The summed E-state index contributed by atoms with van der Waals surface area (Å²) in [5, 5.41) is 11.9. The maximum atomic E-state index is 13.0. The minimum absolute atomic E-state index is 0.133. The largest absolute Gasteiger partial charge is 0.481 e. The van der Waals surface area contributed by atoms with Gasteiger partial charge in [0, 0.05) is 33.1 Å². The van der Waals surface area contributed by atoms with E-state index in [2.05, 4.69) is 5.32 Å². The number of urea groups is 1. The fourth-order valence-corrected chi connectivity index (χ4v) is 3.29. The van der Waals surface area contributed by atoms with Crippen molar-refractivity contribution in [2.45, 2.75) is 38.4 Å². The van der Waals surface area contributed by atoms with Crippen LogP contribution in [0.5, 0.6) is 0 Å². The van der Waals surface area contributed by atoms with Crippen molar-refractivity contribution >= 4 is 17.9 Å². The van der Waals surface area contributed by atoms with Gasteiger partial charge in [-0.25, -0.2) is 4.79 Å². The van der Waals surface area contributed by atoms with Crippen molar-refractivity contribution in [3.63, 3.8) is 0 Å². The van der Waals surface area contributed by atoms with Crippen LogP contribution in [0.4, 0.5) is 18.0 Å². The Hall–Kier alpha value is -2.78. The second-order valence-corrected chi connectivity index (χ2v) is 6.89. The van der Waals surface area contributed by atoms with Crippen molar-refractivity contribution in [1.29, 1.82) is 0 Å². The Kier molecular flexibility index (Phi) is 7.46. The molecule has 2 rings (SSSR count). The molecule has 1 atom stereocenters. The number of carboxylic acid groups (broad SMARTS) is 1. The number of unbranched alkanes of at least 4 members (excludes halogenated alkanes) is 1. The Morgan fingerprint density at radius 2 is 1.97 bits per heavy atom. The van der Waals surface area contributed by atoms with E-state index in [9.17, 15) is 32.7 Å². The molecule has 1 aliphatic rings. The smallest absolute Gasteiger partial charge is 0.416 e. The summed E-state index contributed by atoms with van der Waals surface area (Å²) in [5.41, 5.74) is -0.741. The van der Waals surface area contributed by atoms with E-state index < -0.39 is 36.2 Å². The maximum absolute atomic E-state index is 13.0. The van der Waals surface area contributed by atoms with Gasteiger partial charge in [0.25, 0.3) is 0 Å². The Morgan fingerprint density at radius 1 is 1.24 bits per heavy atom. The summed E-state index contributed by atoms with van der Waals surface area (Å²) in [6, 6.07) is 3.06. The number of alkyl halides is 3. The van der Waals surface area contributed by atoms with E-state index in [1.807, 2.05) is 0 Å². The SMILES string of the molecule is CC(=O)NCCCCN1CCN([C@@H](CC(=O)O)c2cccc(C(F)(F)F)c2)C1=O. The molecule has 1 heterocycles. The molecule has 10 heteroatoms. The molecule has 1 fully saturated rings. The summed E-state index contributed by atoms with van der Waals surface area (Å²) >= 11 is 0. The molecule has 2 N–H and O–H groups in total. The highest BCUT2D eigenvalue weighted by Crippen LogP contribution is 2.34. The zero-order valence-electron chi connectivity index (χ0n) is 16.0. The van der Waals surface area contributed by atoms with Crippen LogP contribution in [-0.4, -0.2) is 59.0 Å². The molecule has 0 spiro atoms. The van der Waals surface area contributed by atoms with Gasteiger partial charge in [-0.1, -0.05) is 12.1 Å². The number of hydrogen-bond donors (Lipinski definition) is 2. The van der Waals surface area contributed by atoms with Crippen LogP contribution in [0, 0.1) is 0 Å². The van der Waals surface area contributed by atoms with E-state index in [1.165, 1.54) is 24.0 Å². The Bertz CT molecular complexity index is 754. The molecule has 1 aromatic rings. The lowest BCUT2D eigenvalue weighted by Gasteiger charge is -2.28. The van der Waals surface area contributed by atoms with Crippen molar-refractivity contribution in [2.24, 2.45) is 0 Å². The van der Waals surface area contributed by atoms with Gasteiger partial charge in [0.2, 0.25) is 5.91 Å². The number of halogens is 3. The molecule has 1 aromatic carbocycles. The minimum Gasteiger partial charge on any atom is -0.481 e. The van der Waals surface area contributed by atoms with Crippen molar-refractivity contribution in [3.05, 3.63) is 35.4 Å². The average molecular weight is 415 g/mol. The lowest BCUT2D eigenvalue weighted by Crippen LogP contribution is -2.36. The molecule has 0 aliphatic carbocycles. The number of carbonyl (C=O) groups excluding carboxylic acids is 2. The van der Waals surface area contributed by atoms with Crippen molar-refractivity contribution in [1.82, 2.24) is 15.1 Å². The van der Waals surface area contributed by atoms with E-state index >= 15 is 0 Å². The van der Waals surface area contributed by atoms with Gasteiger partial charge < -0.3 is 20.2 Å². The average Bonchev–Trinajstić information content (AvgIpc) is 2.99. The summed E-state index contributed by atoms with van der Waals surface area (Å²) in [5.74, 6) is -1.33. The molecule has 0 bridgehead atoms. The van der Waals surface area contributed by atoms with Crippen LogP contribution in [0.25, 0.3) is 0 Å². The number of nitrogens with one attached hydrogen (secondary N) is 1. The van der Waals surface area contributed by atoms with Crippen LogP contribution in [0.15, 0.2) is 24.3 Å². The van der Waals surface area contributed by atoms with Gasteiger partial charge in [-0.2, -0.15) is 13.2 Å². The molecule has 0 radical (unpaired) electrons. The fraction of sp³-hybridized carbons (Fsp3) is 0.526. The Labute approximate surface area is 166 Å². The first kappa shape index (κ1) is 22.5. The van der Waals surface area contributed by atoms with E-state index in [0.717, 1.165) is 12.1 Å². The van der Waals surface area contributed by atoms with Gasteiger partial charge in [0.05, 0.1) is 18.0 Å². The predicted molar refractivity (Wildman–Crippen MR) is 98.0 cm³/mol. The number of carbonyl (C=O) groups is 3. The van der Waals surface area contributed by atoms with Crippen LogP contribution < -0.4 is 5.32 Å².